The maximum atomic E-state index is 5.83. The number of aryl methyl sites for hydroxylation is 1. The van der Waals surface area contributed by atoms with E-state index in [2.05, 4.69) is 95.7 Å². The summed E-state index contributed by atoms with van der Waals surface area (Å²) >= 11 is 3.68. The van der Waals surface area contributed by atoms with Crippen molar-refractivity contribution in [3.63, 3.8) is 0 Å². The lowest BCUT2D eigenvalue weighted by Crippen LogP contribution is -1.93. The third kappa shape index (κ3) is 2.70. The Morgan fingerprint density at radius 2 is 1.59 bits per heavy atom. The van der Waals surface area contributed by atoms with Crippen LogP contribution in [0.3, 0.4) is 0 Å². The van der Waals surface area contributed by atoms with E-state index in [9.17, 15) is 0 Å². The van der Waals surface area contributed by atoms with Crippen LogP contribution in [0.25, 0.3) is 33.7 Å². The van der Waals surface area contributed by atoms with Gasteiger partial charge in [0.25, 0.3) is 0 Å². The van der Waals surface area contributed by atoms with Crippen LogP contribution in [0.15, 0.2) is 65.1 Å². The fourth-order valence-electron chi connectivity index (χ4n) is 3.67. The summed E-state index contributed by atoms with van der Waals surface area (Å²) in [4.78, 5) is 0. The molecule has 132 valence electrons. The van der Waals surface area contributed by atoms with E-state index in [0.717, 1.165) is 32.5 Å². The Labute approximate surface area is 166 Å². The molecule has 1 aliphatic heterocycles. The number of hydrogen-bond acceptors (Lipinski definition) is 2. The Kier molecular flexibility index (Phi) is 3.91. The zero-order valence-corrected chi connectivity index (χ0v) is 16.4. The molecule has 0 saturated carbocycles. The smallest absolute Gasteiger partial charge is 0.231 e. The highest BCUT2D eigenvalue weighted by molar-refractivity contribution is 9.10. The molecule has 2 nitrogen and oxygen atoms in total. The molecule has 1 aliphatic rings. The van der Waals surface area contributed by atoms with Crippen LogP contribution in [0, 0.1) is 6.92 Å². The van der Waals surface area contributed by atoms with Gasteiger partial charge in [-0.3, -0.25) is 0 Å². The van der Waals surface area contributed by atoms with Crippen LogP contribution in [-0.2, 0) is 0 Å². The third-order valence-corrected chi connectivity index (χ3v) is 6.14. The van der Waals surface area contributed by atoms with E-state index in [4.69, 9.17) is 9.47 Å². The van der Waals surface area contributed by atoms with Crippen LogP contribution in [0.2, 0.25) is 0 Å². The normalized spacial score (nSPS) is 13.1. The van der Waals surface area contributed by atoms with Gasteiger partial charge in [-0.15, -0.1) is 0 Å². The molecule has 1 heterocycles. The standard InChI is InChI=1S/C24H17BrO2/c1-15-5-4-7-17(22(15)25)9-10-18-13-21-19-8-3-2-6-16(19)11-12-20(21)24-23(18)26-14-27-24/h2-13H,14H2,1H3/b10-9-. The van der Waals surface area contributed by atoms with Gasteiger partial charge >= 0.3 is 0 Å². The molecule has 27 heavy (non-hydrogen) atoms. The summed E-state index contributed by atoms with van der Waals surface area (Å²) in [6.45, 7) is 2.36. The molecule has 0 unspecified atom stereocenters. The molecular formula is C24H17BrO2. The zero-order chi connectivity index (χ0) is 18.4. The Balaban J connectivity index is 1.73. The first-order chi connectivity index (χ1) is 13.2. The van der Waals surface area contributed by atoms with E-state index in [1.165, 1.54) is 21.7 Å². The van der Waals surface area contributed by atoms with Crippen LogP contribution in [-0.4, -0.2) is 6.79 Å². The van der Waals surface area contributed by atoms with E-state index >= 15 is 0 Å². The summed E-state index contributed by atoms with van der Waals surface area (Å²) in [5, 5.41) is 4.72. The minimum absolute atomic E-state index is 0.260. The monoisotopic (exact) mass is 416 g/mol. The summed E-state index contributed by atoms with van der Waals surface area (Å²) < 4.78 is 12.8. The summed E-state index contributed by atoms with van der Waals surface area (Å²) in [7, 11) is 0. The summed E-state index contributed by atoms with van der Waals surface area (Å²) in [6.07, 6.45) is 4.22. The fraction of sp³-hybridized carbons (Fsp3) is 0.0833. The van der Waals surface area contributed by atoms with Gasteiger partial charge < -0.3 is 9.47 Å². The van der Waals surface area contributed by atoms with Crippen molar-refractivity contribution in [3.05, 3.63) is 81.8 Å². The van der Waals surface area contributed by atoms with Gasteiger partial charge in [-0.05, 0) is 62.3 Å². The minimum atomic E-state index is 0.260. The topological polar surface area (TPSA) is 18.5 Å². The molecular weight excluding hydrogens is 400 g/mol. The van der Waals surface area contributed by atoms with Gasteiger partial charge in [0.05, 0.1) is 0 Å². The molecule has 4 aromatic carbocycles. The Morgan fingerprint density at radius 3 is 2.52 bits per heavy atom. The van der Waals surface area contributed by atoms with Crippen molar-refractivity contribution in [2.24, 2.45) is 0 Å². The lowest BCUT2D eigenvalue weighted by Gasteiger charge is -2.09. The summed E-state index contributed by atoms with van der Waals surface area (Å²) in [5.74, 6) is 1.65. The van der Waals surface area contributed by atoms with E-state index in [1.807, 2.05) is 0 Å². The molecule has 5 rings (SSSR count). The minimum Gasteiger partial charge on any atom is -0.453 e. The predicted octanol–water partition coefficient (Wildman–Crippen LogP) is 6.96. The van der Waals surface area contributed by atoms with Gasteiger partial charge in [0.15, 0.2) is 11.5 Å². The van der Waals surface area contributed by atoms with Gasteiger partial charge in [0.2, 0.25) is 6.79 Å². The number of benzene rings is 4. The highest BCUT2D eigenvalue weighted by atomic mass is 79.9. The molecule has 0 saturated heterocycles. The zero-order valence-electron chi connectivity index (χ0n) is 14.8. The molecule has 0 aliphatic carbocycles. The predicted molar refractivity (Wildman–Crippen MR) is 115 cm³/mol. The first-order valence-electron chi connectivity index (χ1n) is 8.89. The van der Waals surface area contributed by atoms with Crippen LogP contribution < -0.4 is 9.47 Å². The molecule has 0 amide bonds. The number of fused-ring (bicyclic) bond motifs is 5. The number of hydrogen-bond donors (Lipinski definition) is 0. The lowest BCUT2D eigenvalue weighted by molar-refractivity contribution is 0.174. The number of rotatable bonds is 2. The molecule has 4 aromatic rings. The van der Waals surface area contributed by atoms with Gasteiger partial charge in [-0.2, -0.15) is 0 Å². The first-order valence-corrected chi connectivity index (χ1v) is 9.69. The van der Waals surface area contributed by atoms with Gasteiger partial charge in [-0.1, -0.05) is 60.7 Å². The number of ether oxygens (including phenoxy) is 2. The highest BCUT2D eigenvalue weighted by Gasteiger charge is 2.21. The molecule has 0 fully saturated rings. The van der Waals surface area contributed by atoms with Crippen molar-refractivity contribution in [1.82, 2.24) is 0 Å². The Hall–Kier alpha value is -2.78. The average Bonchev–Trinajstić information content (AvgIpc) is 3.19. The maximum absolute atomic E-state index is 5.83. The SMILES string of the molecule is Cc1cccc(/C=C\c2cc3c(ccc4ccccc43)c3c2OCO3)c1Br. The van der Waals surface area contributed by atoms with Crippen LogP contribution in [0.1, 0.15) is 16.7 Å². The molecule has 0 radical (unpaired) electrons. The van der Waals surface area contributed by atoms with E-state index in [1.54, 1.807) is 0 Å². The van der Waals surface area contributed by atoms with E-state index < -0.39 is 0 Å². The molecule has 0 bridgehead atoms. The number of halogens is 1. The van der Waals surface area contributed by atoms with Crippen LogP contribution in [0.4, 0.5) is 0 Å². The molecule has 0 spiro atoms. The van der Waals surface area contributed by atoms with Crippen molar-refractivity contribution in [2.45, 2.75) is 6.92 Å². The Bertz CT molecular complexity index is 1220. The highest BCUT2D eigenvalue weighted by Crippen LogP contribution is 2.45. The van der Waals surface area contributed by atoms with Crippen LogP contribution >= 0.6 is 15.9 Å². The summed E-state index contributed by atoms with van der Waals surface area (Å²) in [5.41, 5.74) is 3.38. The van der Waals surface area contributed by atoms with Crippen molar-refractivity contribution in [3.8, 4) is 11.5 Å². The molecule has 0 aromatic heterocycles. The second-order valence-corrected chi connectivity index (χ2v) is 7.52. The quantitative estimate of drug-likeness (QED) is 0.259. The van der Waals surface area contributed by atoms with Gasteiger partial charge in [0, 0.05) is 15.4 Å². The van der Waals surface area contributed by atoms with Crippen molar-refractivity contribution < 1.29 is 9.47 Å². The maximum Gasteiger partial charge on any atom is 0.231 e. The van der Waals surface area contributed by atoms with E-state index in [0.29, 0.717) is 0 Å². The average molecular weight is 417 g/mol. The van der Waals surface area contributed by atoms with Gasteiger partial charge in [-0.25, -0.2) is 0 Å². The first kappa shape index (κ1) is 16.4. The largest absolute Gasteiger partial charge is 0.453 e. The van der Waals surface area contributed by atoms with E-state index in [-0.39, 0.29) is 6.79 Å². The molecule has 0 atom stereocenters. The fourth-order valence-corrected chi connectivity index (χ4v) is 4.06. The van der Waals surface area contributed by atoms with Gasteiger partial charge in [0.1, 0.15) is 0 Å². The second-order valence-electron chi connectivity index (χ2n) is 6.72. The second kappa shape index (κ2) is 6.43. The summed E-state index contributed by atoms with van der Waals surface area (Å²) in [6, 6.07) is 21.2. The van der Waals surface area contributed by atoms with Crippen molar-refractivity contribution >= 4 is 49.6 Å². The van der Waals surface area contributed by atoms with Crippen LogP contribution in [0.5, 0.6) is 11.5 Å². The van der Waals surface area contributed by atoms with Crippen molar-refractivity contribution in [2.75, 3.05) is 6.79 Å². The third-order valence-electron chi connectivity index (χ3n) is 5.05. The Morgan fingerprint density at radius 1 is 0.778 bits per heavy atom. The molecule has 0 N–H and O–H groups in total. The van der Waals surface area contributed by atoms with Crippen molar-refractivity contribution in [1.29, 1.82) is 0 Å². The lowest BCUT2D eigenvalue weighted by atomic mass is 9.98. The molecule has 3 heteroatoms.